The number of sulfonamides is 1. The van der Waals surface area contributed by atoms with E-state index in [1.165, 1.54) is 11.4 Å². The third kappa shape index (κ3) is 2.29. The van der Waals surface area contributed by atoms with E-state index in [-0.39, 0.29) is 4.90 Å². The standard InChI is InChI=1S/C14H17N3O4S/c1-9-14(10(2)16-15-9)22(18,19)17(3)11-4-5-12-13(8-11)21-7-6-20-12/h4-5,8H,6-7H2,1-3H3,(H,15,16). The smallest absolute Gasteiger partial charge is 0.267 e. The van der Waals surface area contributed by atoms with E-state index in [1.807, 2.05) is 0 Å². The normalized spacial score (nSPS) is 14.0. The molecule has 0 saturated carbocycles. The van der Waals surface area contributed by atoms with Gasteiger partial charge in [-0.05, 0) is 26.0 Å². The summed E-state index contributed by atoms with van der Waals surface area (Å²) in [5.41, 5.74) is 1.47. The molecule has 1 aromatic carbocycles. The van der Waals surface area contributed by atoms with Crippen LogP contribution in [0.1, 0.15) is 11.4 Å². The van der Waals surface area contributed by atoms with E-state index in [1.54, 1.807) is 32.0 Å². The lowest BCUT2D eigenvalue weighted by molar-refractivity contribution is 0.171. The Hall–Kier alpha value is -2.22. The second kappa shape index (κ2) is 5.20. The van der Waals surface area contributed by atoms with Crippen molar-refractivity contribution in [2.24, 2.45) is 0 Å². The van der Waals surface area contributed by atoms with E-state index < -0.39 is 10.0 Å². The van der Waals surface area contributed by atoms with Crippen LogP contribution in [0.4, 0.5) is 5.69 Å². The van der Waals surface area contributed by atoms with Crippen molar-refractivity contribution in [3.8, 4) is 11.5 Å². The Morgan fingerprint density at radius 1 is 1.18 bits per heavy atom. The summed E-state index contributed by atoms with van der Waals surface area (Å²) in [5, 5.41) is 6.65. The lowest BCUT2D eigenvalue weighted by Crippen LogP contribution is -2.27. The van der Waals surface area contributed by atoms with Gasteiger partial charge in [0, 0.05) is 13.1 Å². The molecule has 0 amide bonds. The third-order valence-electron chi connectivity index (χ3n) is 3.57. The Labute approximate surface area is 128 Å². The van der Waals surface area contributed by atoms with Gasteiger partial charge in [-0.1, -0.05) is 0 Å². The lowest BCUT2D eigenvalue weighted by atomic mass is 10.2. The Kier molecular flexibility index (Phi) is 3.48. The fraction of sp³-hybridized carbons (Fsp3) is 0.357. The summed E-state index contributed by atoms with van der Waals surface area (Å²) < 4.78 is 37.8. The summed E-state index contributed by atoms with van der Waals surface area (Å²) in [6, 6.07) is 5.07. The highest BCUT2D eigenvalue weighted by Gasteiger charge is 2.28. The molecule has 0 spiro atoms. The molecule has 1 aliphatic heterocycles. The van der Waals surface area contributed by atoms with Gasteiger partial charge in [-0.15, -0.1) is 0 Å². The van der Waals surface area contributed by atoms with Crippen LogP contribution in [0.2, 0.25) is 0 Å². The van der Waals surface area contributed by atoms with Crippen molar-refractivity contribution in [3.63, 3.8) is 0 Å². The number of aromatic amines is 1. The second-order valence-electron chi connectivity index (χ2n) is 5.06. The highest BCUT2D eigenvalue weighted by molar-refractivity contribution is 7.92. The van der Waals surface area contributed by atoms with Crippen LogP contribution in [0.25, 0.3) is 0 Å². The maximum atomic E-state index is 12.8. The minimum Gasteiger partial charge on any atom is -0.486 e. The molecule has 1 aromatic heterocycles. The number of rotatable bonds is 3. The molecule has 0 atom stereocenters. The molecule has 0 aliphatic carbocycles. The minimum absolute atomic E-state index is 0.199. The number of fused-ring (bicyclic) bond motifs is 1. The first-order valence-electron chi connectivity index (χ1n) is 6.81. The molecule has 8 heteroatoms. The summed E-state index contributed by atoms with van der Waals surface area (Å²) in [4.78, 5) is 0.199. The molecular formula is C14H17N3O4S. The molecule has 0 saturated heterocycles. The van der Waals surface area contributed by atoms with Crippen LogP contribution >= 0.6 is 0 Å². The van der Waals surface area contributed by atoms with Gasteiger partial charge >= 0.3 is 0 Å². The van der Waals surface area contributed by atoms with Crippen molar-refractivity contribution in [2.45, 2.75) is 18.7 Å². The zero-order valence-electron chi connectivity index (χ0n) is 12.6. The van der Waals surface area contributed by atoms with Crippen LogP contribution in [-0.2, 0) is 10.0 Å². The van der Waals surface area contributed by atoms with Gasteiger partial charge < -0.3 is 9.47 Å². The summed E-state index contributed by atoms with van der Waals surface area (Å²) >= 11 is 0. The second-order valence-corrected chi connectivity index (χ2v) is 6.97. The highest BCUT2D eigenvalue weighted by Crippen LogP contribution is 2.35. The van der Waals surface area contributed by atoms with Crippen LogP contribution in [0.5, 0.6) is 11.5 Å². The number of H-pyrrole nitrogens is 1. The number of nitrogens with zero attached hydrogens (tertiary/aromatic N) is 2. The van der Waals surface area contributed by atoms with Crippen molar-refractivity contribution in [2.75, 3.05) is 24.6 Å². The molecule has 3 rings (SSSR count). The Balaban J connectivity index is 2.02. The van der Waals surface area contributed by atoms with Gasteiger partial charge in [0.05, 0.1) is 17.1 Å². The average molecular weight is 323 g/mol. The molecule has 0 radical (unpaired) electrons. The Bertz CT molecular complexity index is 794. The molecule has 0 bridgehead atoms. The first-order chi connectivity index (χ1) is 10.4. The van der Waals surface area contributed by atoms with E-state index in [2.05, 4.69) is 10.2 Å². The van der Waals surface area contributed by atoms with Crippen molar-refractivity contribution in [3.05, 3.63) is 29.6 Å². The number of aromatic nitrogens is 2. The molecule has 118 valence electrons. The Morgan fingerprint density at radius 2 is 1.86 bits per heavy atom. The number of hydrogen-bond donors (Lipinski definition) is 1. The van der Waals surface area contributed by atoms with Crippen LogP contribution < -0.4 is 13.8 Å². The van der Waals surface area contributed by atoms with Crippen molar-refractivity contribution < 1.29 is 17.9 Å². The fourth-order valence-corrected chi connectivity index (χ4v) is 3.94. The fourth-order valence-electron chi connectivity index (χ4n) is 2.42. The van der Waals surface area contributed by atoms with E-state index in [0.29, 0.717) is 41.8 Å². The van der Waals surface area contributed by atoms with E-state index in [4.69, 9.17) is 9.47 Å². The number of benzene rings is 1. The summed E-state index contributed by atoms with van der Waals surface area (Å²) in [6.45, 7) is 4.29. The number of nitrogens with one attached hydrogen (secondary N) is 1. The van der Waals surface area contributed by atoms with E-state index >= 15 is 0 Å². The molecule has 2 aromatic rings. The SMILES string of the molecule is Cc1n[nH]c(C)c1S(=O)(=O)N(C)c1ccc2c(c1)OCCO2. The molecule has 7 nitrogen and oxygen atoms in total. The van der Waals surface area contributed by atoms with Crippen molar-refractivity contribution in [1.29, 1.82) is 0 Å². The number of aryl methyl sites for hydroxylation is 2. The monoisotopic (exact) mass is 323 g/mol. The summed E-state index contributed by atoms with van der Waals surface area (Å²) in [6.07, 6.45) is 0. The zero-order valence-corrected chi connectivity index (χ0v) is 13.4. The predicted molar refractivity (Wildman–Crippen MR) is 81.1 cm³/mol. The topological polar surface area (TPSA) is 84.5 Å². The van der Waals surface area contributed by atoms with Gasteiger partial charge in [0.1, 0.15) is 18.1 Å². The molecule has 22 heavy (non-hydrogen) atoms. The van der Waals surface area contributed by atoms with Gasteiger partial charge in [0.25, 0.3) is 10.0 Å². The number of anilines is 1. The first kappa shape index (κ1) is 14.7. The van der Waals surface area contributed by atoms with Crippen molar-refractivity contribution in [1.82, 2.24) is 10.2 Å². The van der Waals surface area contributed by atoms with Crippen LogP contribution in [0.15, 0.2) is 23.1 Å². The van der Waals surface area contributed by atoms with Gasteiger partial charge in [-0.25, -0.2) is 8.42 Å². The van der Waals surface area contributed by atoms with E-state index in [0.717, 1.165) is 0 Å². The maximum Gasteiger partial charge on any atom is 0.267 e. The Morgan fingerprint density at radius 3 is 2.50 bits per heavy atom. The largest absolute Gasteiger partial charge is 0.486 e. The van der Waals surface area contributed by atoms with Crippen LogP contribution in [0, 0.1) is 13.8 Å². The molecule has 1 N–H and O–H groups in total. The summed E-state index contributed by atoms with van der Waals surface area (Å²) in [5.74, 6) is 1.17. The van der Waals surface area contributed by atoms with Crippen LogP contribution in [0.3, 0.4) is 0 Å². The van der Waals surface area contributed by atoms with Gasteiger partial charge in [0.2, 0.25) is 0 Å². The minimum atomic E-state index is -3.69. The maximum absolute atomic E-state index is 12.8. The number of ether oxygens (including phenoxy) is 2. The quantitative estimate of drug-likeness (QED) is 0.928. The predicted octanol–water partition coefficient (Wildman–Crippen LogP) is 1.62. The van der Waals surface area contributed by atoms with E-state index in [9.17, 15) is 8.42 Å². The van der Waals surface area contributed by atoms with Gasteiger partial charge in [-0.3, -0.25) is 9.40 Å². The van der Waals surface area contributed by atoms with Crippen LogP contribution in [-0.4, -0.2) is 38.9 Å². The first-order valence-corrected chi connectivity index (χ1v) is 8.25. The molecule has 1 aliphatic rings. The highest BCUT2D eigenvalue weighted by atomic mass is 32.2. The lowest BCUT2D eigenvalue weighted by Gasteiger charge is -2.23. The van der Waals surface area contributed by atoms with Gasteiger partial charge in [-0.2, -0.15) is 5.10 Å². The zero-order chi connectivity index (χ0) is 15.9. The third-order valence-corrected chi connectivity index (χ3v) is 5.62. The molecular weight excluding hydrogens is 306 g/mol. The van der Waals surface area contributed by atoms with Crippen molar-refractivity contribution >= 4 is 15.7 Å². The van der Waals surface area contributed by atoms with Gasteiger partial charge in [0.15, 0.2) is 11.5 Å². The summed E-state index contributed by atoms with van der Waals surface area (Å²) in [7, 11) is -2.19. The molecule has 0 fully saturated rings. The average Bonchev–Trinajstić information content (AvgIpc) is 2.85. The number of hydrogen-bond acceptors (Lipinski definition) is 5. The molecule has 0 unspecified atom stereocenters. The molecule has 2 heterocycles.